The van der Waals surface area contributed by atoms with Crippen molar-refractivity contribution in [3.05, 3.63) is 0 Å². The van der Waals surface area contributed by atoms with Gasteiger partial charge >= 0.3 is 0 Å². The highest BCUT2D eigenvalue weighted by Gasteiger charge is 2.21. The minimum atomic E-state index is 0.174. The highest BCUT2D eigenvalue weighted by atomic mass is 16.2. The average molecular weight is 197 g/mol. The van der Waals surface area contributed by atoms with Crippen molar-refractivity contribution in [2.45, 2.75) is 38.5 Å². The maximum atomic E-state index is 11.4. The quantitative estimate of drug-likeness (QED) is 0.678. The van der Waals surface area contributed by atoms with E-state index in [1.807, 2.05) is 5.12 Å². The molecule has 0 spiro atoms. The molecule has 2 heterocycles. The fourth-order valence-corrected chi connectivity index (χ4v) is 2.13. The summed E-state index contributed by atoms with van der Waals surface area (Å²) in [5, 5.41) is 4.32. The number of hydrazine groups is 2. The average Bonchev–Trinajstić information content (AvgIpc) is 2.44. The van der Waals surface area contributed by atoms with Crippen LogP contribution in [-0.2, 0) is 4.79 Å². The molecule has 14 heavy (non-hydrogen) atoms. The third-order valence-electron chi connectivity index (χ3n) is 2.95. The fourth-order valence-electron chi connectivity index (χ4n) is 2.13. The van der Waals surface area contributed by atoms with Gasteiger partial charge in [-0.1, -0.05) is 6.42 Å². The standard InChI is InChI=1S/C10H19N3O/c14-10-6-2-5-9-13(11-10)12-7-3-1-4-8-12/h1-9H2,(H,11,14). The van der Waals surface area contributed by atoms with Crippen molar-refractivity contribution in [1.29, 1.82) is 0 Å². The summed E-state index contributed by atoms with van der Waals surface area (Å²) in [6, 6.07) is 0. The summed E-state index contributed by atoms with van der Waals surface area (Å²) in [7, 11) is 0. The fraction of sp³-hybridized carbons (Fsp3) is 0.900. The van der Waals surface area contributed by atoms with Crippen molar-refractivity contribution in [3.8, 4) is 0 Å². The number of rotatable bonds is 1. The second kappa shape index (κ2) is 4.75. The van der Waals surface area contributed by atoms with Crippen LogP contribution in [0.25, 0.3) is 0 Å². The van der Waals surface area contributed by atoms with Crippen LogP contribution in [0.4, 0.5) is 0 Å². The first-order valence-corrected chi connectivity index (χ1v) is 5.68. The molecule has 0 aromatic carbocycles. The summed E-state index contributed by atoms with van der Waals surface area (Å²) in [5.41, 5.74) is 2.97. The SMILES string of the molecule is O=C1CCCCN(N2CCCCC2)N1. The Hall–Kier alpha value is -0.610. The van der Waals surface area contributed by atoms with E-state index >= 15 is 0 Å². The molecular formula is C10H19N3O. The smallest absolute Gasteiger partial charge is 0.235 e. The number of carbonyl (C=O) groups excluding carboxylic acids is 1. The second-order valence-electron chi connectivity index (χ2n) is 4.13. The normalized spacial score (nSPS) is 27.0. The molecule has 0 bridgehead atoms. The van der Waals surface area contributed by atoms with Gasteiger partial charge in [-0.25, -0.2) is 5.01 Å². The summed E-state index contributed by atoms with van der Waals surface area (Å²) in [6.07, 6.45) is 6.67. The van der Waals surface area contributed by atoms with Crippen LogP contribution in [0.1, 0.15) is 38.5 Å². The third-order valence-corrected chi connectivity index (χ3v) is 2.95. The van der Waals surface area contributed by atoms with Crippen LogP contribution >= 0.6 is 0 Å². The summed E-state index contributed by atoms with van der Waals surface area (Å²) in [6.45, 7) is 3.17. The van der Waals surface area contributed by atoms with Gasteiger partial charge in [0.15, 0.2) is 0 Å². The van der Waals surface area contributed by atoms with E-state index in [9.17, 15) is 4.79 Å². The lowest BCUT2D eigenvalue weighted by Gasteiger charge is -2.36. The molecule has 2 fully saturated rings. The van der Waals surface area contributed by atoms with Gasteiger partial charge in [-0.05, 0) is 25.7 Å². The molecule has 1 amide bonds. The zero-order valence-electron chi connectivity index (χ0n) is 8.67. The van der Waals surface area contributed by atoms with Gasteiger partial charge in [0.2, 0.25) is 5.91 Å². The van der Waals surface area contributed by atoms with Gasteiger partial charge < -0.3 is 0 Å². The zero-order chi connectivity index (χ0) is 9.80. The number of hydrogen-bond acceptors (Lipinski definition) is 3. The van der Waals surface area contributed by atoms with E-state index in [4.69, 9.17) is 0 Å². The number of amides is 1. The molecule has 0 aromatic heterocycles. The molecule has 2 rings (SSSR count). The molecule has 0 unspecified atom stereocenters. The molecule has 80 valence electrons. The van der Waals surface area contributed by atoms with E-state index in [1.165, 1.54) is 19.3 Å². The van der Waals surface area contributed by atoms with Gasteiger partial charge in [0.25, 0.3) is 0 Å². The highest BCUT2D eigenvalue weighted by Crippen LogP contribution is 2.13. The monoisotopic (exact) mass is 197 g/mol. The Morgan fingerprint density at radius 1 is 0.929 bits per heavy atom. The van der Waals surface area contributed by atoms with Crippen molar-refractivity contribution in [1.82, 2.24) is 15.6 Å². The van der Waals surface area contributed by atoms with Crippen molar-refractivity contribution < 1.29 is 4.79 Å². The lowest BCUT2D eigenvalue weighted by Crippen LogP contribution is -2.54. The van der Waals surface area contributed by atoms with Crippen LogP contribution in [-0.4, -0.2) is 35.7 Å². The molecule has 2 aliphatic rings. The first-order valence-electron chi connectivity index (χ1n) is 5.68. The van der Waals surface area contributed by atoms with Gasteiger partial charge in [-0.2, -0.15) is 5.12 Å². The van der Waals surface area contributed by atoms with Crippen LogP contribution in [0, 0.1) is 0 Å². The minimum absolute atomic E-state index is 0.174. The molecular weight excluding hydrogens is 178 g/mol. The largest absolute Gasteiger partial charge is 0.275 e. The topological polar surface area (TPSA) is 35.6 Å². The Bertz CT molecular complexity index is 202. The van der Waals surface area contributed by atoms with Crippen molar-refractivity contribution in [2.75, 3.05) is 19.6 Å². The van der Waals surface area contributed by atoms with Crippen LogP contribution in [0.5, 0.6) is 0 Å². The number of carbonyl (C=O) groups is 1. The first kappa shape index (κ1) is 9.93. The van der Waals surface area contributed by atoms with Crippen molar-refractivity contribution in [3.63, 3.8) is 0 Å². The first-order chi connectivity index (χ1) is 6.86. The zero-order valence-corrected chi connectivity index (χ0v) is 8.67. The van der Waals surface area contributed by atoms with Gasteiger partial charge in [0, 0.05) is 26.1 Å². The Morgan fingerprint density at radius 3 is 2.43 bits per heavy atom. The molecule has 4 nitrogen and oxygen atoms in total. The minimum Gasteiger partial charge on any atom is -0.275 e. The van der Waals surface area contributed by atoms with E-state index in [-0.39, 0.29) is 5.91 Å². The van der Waals surface area contributed by atoms with Crippen LogP contribution in [0.2, 0.25) is 0 Å². The van der Waals surface area contributed by atoms with E-state index in [0.29, 0.717) is 6.42 Å². The second-order valence-corrected chi connectivity index (χ2v) is 4.13. The predicted octanol–water partition coefficient (Wildman–Crippen LogP) is 0.904. The summed E-state index contributed by atoms with van der Waals surface area (Å²) in [5.74, 6) is 0.174. The lowest BCUT2D eigenvalue weighted by atomic mass is 10.2. The van der Waals surface area contributed by atoms with Gasteiger partial charge in [0.05, 0.1) is 0 Å². The summed E-state index contributed by atoms with van der Waals surface area (Å²) >= 11 is 0. The molecule has 2 aliphatic heterocycles. The van der Waals surface area contributed by atoms with Crippen LogP contribution in [0.15, 0.2) is 0 Å². The maximum absolute atomic E-state index is 11.4. The molecule has 0 aliphatic carbocycles. The van der Waals surface area contributed by atoms with Gasteiger partial charge in [-0.3, -0.25) is 10.2 Å². The number of nitrogens with one attached hydrogen (secondary N) is 1. The van der Waals surface area contributed by atoms with Crippen LogP contribution in [0.3, 0.4) is 0 Å². The van der Waals surface area contributed by atoms with Crippen molar-refractivity contribution >= 4 is 5.91 Å². The molecule has 0 aromatic rings. The molecule has 0 atom stereocenters. The van der Waals surface area contributed by atoms with Crippen LogP contribution < -0.4 is 5.43 Å². The Morgan fingerprint density at radius 2 is 1.64 bits per heavy atom. The number of nitrogens with zero attached hydrogens (tertiary/aromatic N) is 2. The van der Waals surface area contributed by atoms with E-state index in [0.717, 1.165) is 32.5 Å². The third kappa shape index (κ3) is 2.45. The summed E-state index contributed by atoms with van der Waals surface area (Å²) < 4.78 is 0. The highest BCUT2D eigenvalue weighted by molar-refractivity contribution is 5.75. The molecule has 0 saturated carbocycles. The molecule has 4 heteroatoms. The van der Waals surface area contributed by atoms with Gasteiger partial charge in [-0.15, -0.1) is 0 Å². The molecule has 1 N–H and O–H groups in total. The lowest BCUT2D eigenvalue weighted by molar-refractivity contribution is -0.138. The maximum Gasteiger partial charge on any atom is 0.235 e. The van der Waals surface area contributed by atoms with E-state index in [2.05, 4.69) is 10.4 Å². The van der Waals surface area contributed by atoms with Crippen molar-refractivity contribution in [2.24, 2.45) is 0 Å². The van der Waals surface area contributed by atoms with E-state index in [1.54, 1.807) is 0 Å². The Labute approximate surface area is 85.2 Å². The van der Waals surface area contributed by atoms with Gasteiger partial charge in [0.1, 0.15) is 0 Å². The summed E-state index contributed by atoms with van der Waals surface area (Å²) in [4.78, 5) is 11.4. The number of hydrogen-bond donors (Lipinski definition) is 1. The number of piperidine rings is 1. The predicted molar refractivity (Wildman–Crippen MR) is 54.1 cm³/mol. The molecule has 0 radical (unpaired) electrons. The molecule has 2 saturated heterocycles. The Kier molecular flexibility index (Phi) is 3.37. The Balaban J connectivity index is 1.90. The van der Waals surface area contributed by atoms with E-state index < -0.39 is 0 Å².